The van der Waals surface area contributed by atoms with Crippen molar-refractivity contribution in [2.75, 3.05) is 7.11 Å². The predicted molar refractivity (Wildman–Crippen MR) is 102 cm³/mol. The first-order chi connectivity index (χ1) is 10.3. The summed E-state index contributed by atoms with van der Waals surface area (Å²) in [5.41, 5.74) is 2.36. The maximum absolute atomic E-state index is 5.01. The largest absolute Gasteiger partial charge is 0.399 e. The number of alkyl halides is 1. The maximum Gasteiger partial charge on any atom is 0.106 e. The molecule has 0 radical (unpaired) electrons. The average molecular weight is 415 g/mol. The van der Waals surface area contributed by atoms with E-state index in [9.17, 15) is 0 Å². The highest BCUT2D eigenvalue weighted by Crippen LogP contribution is 2.63. The van der Waals surface area contributed by atoms with Crippen molar-refractivity contribution in [1.82, 2.24) is 0 Å². The molecule has 0 saturated heterocycles. The van der Waals surface area contributed by atoms with Crippen LogP contribution < -0.4 is 0 Å². The third-order valence-electron chi connectivity index (χ3n) is 6.75. The molecule has 0 aromatic rings. The van der Waals surface area contributed by atoms with E-state index < -0.39 is 0 Å². The van der Waals surface area contributed by atoms with Gasteiger partial charge in [-0.1, -0.05) is 66.6 Å². The van der Waals surface area contributed by atoms with Crippen LogP contribution in [-0.4, -0.2) is 16.7 Å². The summed E-state index contributed by atoms with van der Waals surface area (Å²) in [5.74, 6) is 1.53. The molecule has 0 N–H and O–H groups in total. The third-order valence-corrected chi connectivity index (χ3v) is 7.63. The molecule has 22 heavy (non-hydrogen) atoms. The second-order valence-electron chi connectivity index (χ2n) is 8.50. The fraction of sp³-hybridized carbons (Fsp3) is 0.842. The molecule has 0 aliphatic heterocycles. The van der Waals surface area contributed by atoms with Crippen molar-refractivity contribution >= 4 is 28.8 Å². The van der Waals surface area contributed by atoms with Gasteiger partial charge in [-0.05, 0) is 55.8 Å². The molecule has 3 aliphatic rings. The molecule has 2 unspecified atom stereocenters. The Bertz CT molecular complexity index is 498. The number of allylic oxidation sites excluding steroid dienone is 2. The second-order valence-corrected chi connectivity index (χ2v) is 11.1. The summed E-state index contributed by atoms with van der Waals surface area (Å²) in [4.78, 5) is 5.01. The van der Waals surface area contributed by atoms with Crippen LogP contribution in [0.5, 0.6) is 0 Å². The zero-order chi connectivity index (χ0) is 16.0. The van der Waals surface area contributed by atoms with Crippen molar-refractivity contribution in [3.63, 3.8) is 0 Å². The number of fused-ring (bicyclic) bond motifs is 3. The van der Waals surface area contributed by atoms with Gasteiger partial charge in [0, 0.05) is 15.1 Å². The summed E-state index contributed by atoms with van der Waals surface area (Å²) in [7, 11) is 1.66. The molecule has 0 spiro atoms. The molecule has 0 heterocycles. The first-order valence-electron chi connectivity index (χ1n) is 8.78. The highest BCUT2D eigenvalue weighted by Gasteiger charge is 2.54. The summed E-state index contributed by atoms with van der Waals surface area (Å²) in [5, 5.41) is 4.17. The van der Waals surface area contributed by atoms with Gasteiger partial charge >= 0.3 is 0 Å². The van der Waals surface area contributed by atoms with E-state index in [1.807, 2.05) is 0 Å². The van der Waals surface area contributed by atoms with E-state index in [1.54, 1.807) is 12.7 Å². The summed E-state index contributed by atoms with van der Waals surface area (Å²) in [6.45, 7) is 7.37. The van der Waals surface area contributed by atoms with Crippen LogP contribution in [0.25, 0.3) is 0 Å². The van der Waals surface area contributed by atoms with E-state index in [2.05, 4.69) is 60.8 Å². The van der Waals surface area contributed by atoms with Crippen LogP contribution in [0.15, 0.2) is 16.8 Å². The number of halogens is 1. The molecular weight excluding hydrogens is 385 g/mol. The smallest absolute Gasteiger partial charge is 0.106 e. The minimum absolute atomic E-state index is 0.194. The van der Waals surface area contributed by atoms with Gasteiger partial charge in [-0.25, -0.2) is 0 Å². The Morgan fingerprint density at radius 3 is 2.77 bits per heavy atom. The van der Waals surface area contributed by atoms with Crippen LogP contribution in [0.4, 0.5) is 0 Å². The lowest BCUT2D eigenvalue weighted by Crippen LogP contribution is -2.50. The standard InChI is InChI=1S/C19H30INO/c1-17(13-21-22-4)9-5-10-19(3)15-8-11-18(2,20)12-14(15)6-7-16(17)19/h8,13-14,16H,5-7,9-12H2,1-4H3/b21-13+/t14?,16?,17-,18-,19-/m0/s1. The molecule has 5 atom stereocenters. The van der Waals surface area contributed by atoms with E-state index in [0.29, 0.717) is 14.8 Å². The molecule has 0 bridgehead atoms. The zero-order valence-electron chi connectivity index (χ0n) is 14.5. The van der Waals surface area contributed by atoms with Gasteiger partial charge in [-0.3, -0.25) is 0 Å². The highest BCUT2D eigenvalue weighted by atomic mass is 127. The molecule has 3 rings (SSSR count). The Balaban J connectivity index is 1.95. The molecule has 2 fully saturated rings. The number of rotatable bonds is 2. The number of hydrogen-bond donors (Lipinski definition) is 0. The lowest BCUT2D eigenvalue weighted by atomic mass is 9.47. The van der Waals surface area contributed by atoms with Gasteiger partial charge in [0.1, 0.15) is 7.11 Å². The van der Waals surface area contributed by atoms with Gasteiger partial charge in [0.2, 0.25) is 0 Å². The number of oxime groups is 1. The van der Waals surface area contributed by atoms with Gasteiger partial charge in [-0.15, -0.1) is 0 Å². The van der Waals surface area contributed by atoms with Gasteiger partial charge in [0.05, 0.1) is 0 Å². The molecule has 124 valence electrons. The Labute approximate surface area is 149 Å². The predicted octanol–water partition coefficient (Wildman–Crippen LogP) is 5.76. The monoisotopic (exact) mass is 415 g/mol. The van der Waals surface area contributed by atoms with Crippen LogP contribution in [0.2, 0.25) is 0 Å². The van der Waals surface area contributed by atoms with Gasteiger partial charge in [0.15, 0.2) is 0 Å². The van der Waals surface area contributed by atoms with E-state index >= 15 is 0 Å². The third kappa shape index (κ3) is 2.76. The fourth-order valence-corrected chi connectivity index (χ4v) is 6.51. The van der Waals surface area contributed by atoms with Crippen molar-refractivity contribution < 1.29 is 4.84 Å². The minimum Gasteiger partial charge on any atom is -0.399 e. The lowest BCUT2D eigenvalue weighted by molar-refractivity contribution is 0.0170. The summed E-state index contributed by atoms with van der Waals surface area (Å²) >= 11 is 2.68. The lowest BCUT2D eigenvalue weighted by Gasteiger charge is -2.58. The topological polar surface area (TPSA) is 21.6 Å². The Morgan fingerprint density at radius 2 is 2.05 bits per heavy atom. The molecule has 2 nitrogen and oxygen atoms in total. The Morgan fingerprint density at radius 1 is 1.27 bits per heavy atom. The average Bonchev–Trinajstić information content (AvgIpc) is 2.43. The van der Waals surface area contributed by atoms with E-state index in [-0.39, 0.29) is 5.41 Å². The number of hydrogen-bond acceptors (Lipinski definition) is 2. The van der Waals surface area contributed by atoms with Crippen molar-refractivity contribution in [3.8, 4) is 0 Å². The van der Waals surface area contributed by atoms with Gasteiger partial charge in [0.25, 0.3) is 0 Å². The molecule has 0 amide bonds. The van der Waals surface area contributed by atoms with Crippen molar-refractivity contribution in [1.29, 1.82) is 0 Å². The minimum atomic E-state index is 0.194. The van der Waals surface area contributed by atoms with Crippen LogP contribution >= 0.6 is 22.6 Å². The highest BCUT2D eigenvalue weighted by molar-refractivity contribution is 14.1. The first-order valence-corrected chi connectivity index (χ1v) is 9.86. The molecule has 3 heteroatoms. The second kappa shape index (κ2) is 5.78. The van der Waals surface area contributed by atoms with Gasteiger partial charge < -0.3 is 4.84 Å². The molecule has 0 aromatic carbocycles. The molecule has 3 aliphatic carbocycles. The van der Waals surface area contributed by atoms with Crippen LogP contribution in [0.3, 0.4) is 0 Å². The zero-order valence-corrected chi connectivity index (χ0v) is 16.7. The molecule has 2 saturated carbocycles. The summed E-state index contributed by atoms with van der Waals surface area (Å²) in [6.07, 6.45) is 14.0. The summed E-state index contributed by atoms with van der Waals surface area (Å²) < 4.78 is 0.463. The van der Waals surface area contributed by atoms with Crippen molar-refractivity contribution in [3.05, 3.63) is 11.6 Å². The van der Waals surface area contributed by atoms with Crippen LogP contribution in [-0.2, 0) is 4.84 Å². The number of nitrogens with zero attached hydrogens (tertiary/aromatic N) is 1. The summed E-state index contributed by atoms with van der Waals surface area (Å²) in [6, 6.07) is 0. The fourth-order valence-electron chi connectivity index (χ4n) is 5.76. The Kier molecular flexibility index (Phi) is 4.41. The molecular formula is C19H30INO. The Hall–Kier alpha value is -0.0600. The quantitative estimate of drug-likeness (QED) is 0.185. The maximum atomic E-state index is 5.01. The van der Waals surface area contributed by atoms with Crippen LogP contribution in [0, 0.1) is 22.7 Å². The SMILES string of the molecule is CO/N=C/[C@]1(C)CCC[C@@]2(C)C3=CC[C@](C)(I)CC3CCC21. The van der Waals surface area contributed by atoms with Crippen molar-refractivity contribution in [2.45, 2.75) is 69.1 Å². The molecule has 0 aromatic heterocycles. The van der Waals surface area contributed by atoms with E-state index in [0.717, 1.165) is 5.92 Å². The normalized spacial score (nSPS) is 48.5. The van der Waals surface area contributed by atoms with E-state index in [4.69, 9.17) is 4.84 Å². The van der Waals surface area contributed by atoms with Crippen LogP contribution in [0.1, 0.15) is 65.7 Å². The van der Waals surface area contributed by atoms with Gasteiger partial charge in [-0.2, -0.15) is 0 Å². The van der Waals surface area contributed by atoms with Crippen molar-refractivity contribution in [2.24, 2.45) is 27.8 Å². The van der Waals surface area contributed by atoms with E-state index in [1.165, 1.54) is 44.9 Å². The first kappa shape index (κ1) is 16.8.